The zero-order valence-electron chi connectivity index (χ0n) is 12.9. The van der Waals surface area contributed by atoms with Crippen LogP contribution in [0.3, 0.4) is 0 Å². The van der Waals surface area contributed by atoms with Crippen LogP contribution in [0.5, 0.6) is 5.75 Å². The lowest BCUT2D eigenvalue weighted by atomic mass is 9.79. The Labute approximate surface area is 135 Å². The number of ether oxygens (including phenoxy) is 2. The average molecular weight is 325 g/mol. The van der Waals surface area contributed by atoms with Gasteiger partial charge in [-0.15, -0.1) is 0 Å². The molecule has 0 radical (unpaired) electrons. The second-order valence-electron chi connectivity index (χ2n) is 5.60. The van der Waals surface area contributed by atoms with Crippen molar-refractivity contribution in [1.82, 2.24) is 0 Å². The summed E-state index contributed by atoms with van der Waals surface area (Å²) in [6.07, 6.45) is 1.18. The molecule has 1 fully saturated rings. The van der Waals surface area contributed by atoms with Gasteiger partial charge < -0.3 is 9.47 Å². The molecule has 1 aromatic rings. The molecule has 3 atom stereocenters. The van der Waals surface area contributed by atoms with Crippen LogP contribution >= 0.6 is 11.6 Å². The highest BCUT2D eigenvalue weighted by Crippen LogP contribution is 2.31. The van der Waals surface area contributed by atoms with Crippen molar-refractivity contribution in [2.75, 3.05) is 6.61 Å². The van der Waals surface area contributed by atoms with Crippen LogP contribution in [0.4, 0.5) is 0 Å². The van der Waals surface area contributed by atoms with Gasteiger partial charge in [0, 0.05) is 11.4 Å². The molecular formula is C17H21ClO4. The Hall–Kier alpha value is -1.55. The van der Waals surface area contributed by atoms with Gasteiger partial charge in [0.2, 0.25) is 0 Å². The summed E-state index contributed by atoms with van der Waals surface area (Å²) in [6.45, 7) is 4.03. The van der Waals surface area contributed by atoms with E-state index < -0.39 is 6.10 Å². The van der Waals surface area contributed by atoms with E-state index in [1.165, 1.54) is 0 Å². The Morgan fingerprint density at radius 1 is 1.36 bits per heavy atom. The van der Waals surface area contributed by atoms with Crippen LogP contribution in [0.15, 0.2) is 24.3 Å². The summed E-state index contributed by atoms with van der Waals surface area (Å²) >= 11 is 5.84. The largest absolute Gasteiger partial charge is 0.483 e. The normalized spacial score (nSPS) is 23.0. The molecule has 22 heavy (non-hydrogen) atoms. The molecule has 0 saturated heterocycles. The second-order valence-corrected chi connectivity index (χ2v) is 6.04. The number of Topliss-reactive ketones (excluding diaryl/α,β-unsaturated/α-hetero) is 1. The lowest BCUT2D eigenvalue weighted by Crippen LogP contribution is -2.38. The van der Waals surface area contributed by atoms with Gasteiger partial charge >= 0.3 is 5.97 Å². The minimum Gasteiger partial charge on any atom is -0.483 e. The Bertz CT molecular complexity index is 526. The third-order valence-electron chi connectivity index (χ3n) is 4.09. The van der Waals surface area contributed by atoms with Crippen molar-refractivity contribution in [3.8, 4) is 5.75 Å². The molecule has 0 bridgehead atoms. The third kappa shape index (κ3) is 4.23. The number of halogens is 1. The van der Waals surface area contributed by atoms with Gasteiger partial charge in [-0.25, -0.2) is 0 Å². The molecule has 1 aliphatic carbocycles. The van der Waals surface area contributed by atoms with Gasteiger partial charge in [-0.2, -0.15) is 0 Å². The van der Waals surface area contributed by atoms with E-state index in [0.717, 1.165) is 0 Å². The van der Waals surface area contributed by atoms with Crippen molar-refractivity contribution in [2.24, 2.45) is 11.8 Å². The van der Waals surface area contributed by atoms with E-state index in [-0.39, 0.29) is 23.6 Å². The van der Waals surface area contributed by atoms with Crippen molar-refractivity contribution in [2.45, 2.75) is 39.2 Å². The molecule has 4 nitrogen and oxygen atoms in total. The average Bonchev–Trinajstić information content (AvgIpc) is 2.51. The van der Waals surface area contributed by atoms with Crippen LogP contribution in [0.25, 0.3) is 0 Å². The van der Waals surface area contributed by atoms with Crippen LogP contribution in [0.2, 0.25) is 5.02 Å². The molecule has 0 heterocycles. The minimum atomic E-state index is -0.503. The van der Waals surface area contributed by atoms with Gasteiger partial charge in [0.1, 0.15) is 5.75 Å². The predicted molar refractivity (Wildman–Crippen MR) is 84.0 cm³/mol. The molecule has 0 aromatic heterocycles. The summed E-state index contributed by atoms with van der Waals surface area (Å²) in [4.78, 5) is 23.9. The van der Waals surface area contributed by atoms with Gasteiger partial charge in [0.05, 0.1) is 12.5 Å². The molecule has 0 amide bonds. The summed E-state index contributed by atoms with van der Waals surface area (Å²) < 4.78 is 10.9. The minimum absolute atomic E-state index is 0.0854. The van der Waals surface area contributed by atoms with Gasteiger partial charge in [-0.1, -0.05) is 18.5 Å². The fraction of sp³-hybridized carbons (Fsp3) is 0.529. The predicted octanol–water partition coefficient (Wildman–Crippen LogP) is 3.66. The SMILES string of the molecule is CCOC(=O)C(C)C1CCC(=O)C(Oc2ccc(Cl)cc2)C1. The van der Waals surface area contributed by atoms with Gasteiger partial charge in [-0.05, 0) is 49.9 Å². The van der Waals surface area contributed by atoms with Crippen LogP contribution in [0, 0.1) is 11.8 Å². The molecular weight excluding hydrogens is 304 g/mol. The Kier molecular flexibility index (Phi) is 5.83. The number of carbonyl (C=O) groups excluding carboxylic acids is 2. The summed E-state index contributed by atoms with van der Waals surface area (Å²) in [5.74, 6) is 0.389. The Balaban J connectivity index is 2.00. The lowest BCUT2D eigenvalue weighted by molar-refractivity contribution is -0.151. The van der Waals surface area contributed by atoms with Crippen molar-refractivity contribution in [1.29, 1.82) is 0 Å². The first kappa shape index (κ1) is 16.8. The van der Waals surface area contributed by atoms with Crippen molar-refractivity contribution < 1.29 is 19.1 Å². The highest BCUT2D eigenvalue weighted by Gasteiger charge is 2.35. The summed E-state index contributed by atoms with van der Waals surface area (Å²) in [7, 11) is 0. The zero-order valence-corrected chi connectivity index (χ0v) is 13.6. The molecule has 1 aliphatic rings. The number of rotatable bonds is 5. The van der Waals surface area contributed by atoms with E-state index in [4.69, 9.17) is 21.1 Å². The summed E-state index contributed by atoms with van der Waals surface area (Å²) in [5.41, 5.74) is 0. The number of benzene rings is 1. The second kappa shape index (κ2) is 7.63. The first-order valence-corrected chi connectivity index (χ1v) is 8.00. The first-order chi connectivity index (χ1) is 10.5. The maximum absolute atomic E-state index is 12.1. The maximum atomic E-state index is 12.1. The first-order valence-electron chi connectivity index (χ1n) is 7.62. The highest BCUT2D eigenvalue weighted by molar-refractivity contribution is 6.30. The molecule has 3 unspecified atom stereocenters. The summed E-state index contributed by atoms with van der Waals surface area (Å²) in [6, 6.07) is 6.94. The monoisotopic (exact) mass is 324 g/mol. The van der Waals surface area contributed by atoms with E-state index in [0.29, 0.717) is 36.6 Å². The maximum Gasteiger partial charge on any atom is 0.308 e. The smallest absolute Gasteiger partial charge is 0.308 e. The Morgan fingerprint density at radius 2 is 2.05 bits per heavy atom. The van der Waals surface area contributed by atoms with E-state index in [1.807, 2.05) is 6.92 Å². The molecule has 1 saturated carbocycles. The van der Waals surface area contributed by atoms with E-state index >= 15 is 0 Å². The Morgan fingerprint density at radius 3 is 2.68 bits per heavy atom. The van der Waals surface area contributed by atoms with Crippen LogP contribution in [0.1, 0.15) is 33.1 Å². The molecule has 5 heteroatoms. The van der Waals surface area contributed by atoms with Gasteiger partial charge in [0.25, 0.3) is 0 Å². The van der Waals surface area contributed by atoms with Gasteiger partial charge in [0.15, 0.2) is 11.9 Å². The van der Waals surface area contributed by atoms with Crippen LogP contribution in [-0.2, 0) is 14.3 Å². The van der Waals surface area contributed by atoms with E-state index in [1.54, 1.807) is 31.2 Å². The molecule has 1 aromatic carbocycles. The molecule has 0 N–H and O–H groups in total. The van der Waals surface area contributed by atoms with Crippen LogP contribution in [-0.4, -0.2) is 24.5 Å². The third-order valence-corrected chi connectivity index (χ3v) is 4.35. The topological polar surface area (TPSA) is 52.6 Å². The lowest BCUT2D eigenvalue weighted by Gasteiger charge is -2.31. The van der Waals surface area contributed by atoms with Crippen molar-refractivity contribution >= 4 is 23.4 Å². The van der Waals surface area contributed by atoms with E-state index in [2.05, 4.69) is 0 Å². The molecule has 120 valence electrons. The quantitative estimate of drug-likeness (QED) is 0.776. The van der Waals surface area contributed by atoms with Crippen LogP contribution < -0.4 is 4.74 Å². The fourth-order valence-corrected chi connectivity index (χ4v) is 2.85. The highest BCUT2D eigenvalue weighted by atomic mass is 35.5. The standard InChI is InChI=1S/C17H21ClO4/c1-3-21-17(20)11(2)12-4-9-15(19)16(10-12)22-14-7-5-13(18)6-8-14/h5-8,11-12,16H,3-4,9-10H2,1-2H3. The number of carbonyl (C=O) groups is 2. The fourth-order valence-electron chi connectivity index (χ4n) is 2.72. The van der Waals surface area contributed by atoms with Crippen molar-refractivity contribution in [3.05, 3.63) is 29.3 Å². The number of esters is 1. The number of hydrogen-bond acceptors (Lipinski definition) is 4. The number of ketones is 1. The van der Waals surface area contributed by atoms with Crippen molar-refractivity contribution in [3.63, 3.8) is 0 Å². The molecule has 0 aliphatic heterocycles. The zero-order chi connectivity index (χ0) is 16.1. The molecule has 0 spiro atoms. The van der Waals surface area contributed by atoms with E-state index in [9.17, 15) is 9.59 Å². The number of hydrogen-bond donors (Lipinski definition) is 0. The van der Waals surface area contributed by atoms with Gasteiger partial charge in [-0.3, -0.25) is 9.59 Å². The summed E-state index contributed by atoms with van der Waals surface area (Å²) in [5, 5.41) is 0.621. The molecule has 2 rings (SSSR count).